The lowest BCUT2D eigenvalue weighted by Gasteiger charge is -2.30. The number of benzene rings is 2. The van der Waals surface area contributed by atoms with E-state index in [4.69, 9.17) is 4.52 Å². The van der Waals surface area contributed by atoms with Gasteiger partial charge in [-0.3, -0.25) is 0 Å². The van der Waals surface area contributed by atoms with Gasteiger partial charge in [-0.2, -0.15) is 0 Å². The molecule has 0 saturated heterocycles. The summed E-state index contributed by atoms with van der Waals surface area (Å²) in [5, 5.41) is 1.28. The Morgan fingerprint density at radius 1 is 0.850 bits per heavy atom. The second-order valence-corrected chi connectivity index (χ2v) is 7.78. The van der Waals surface area contributed by atoms with Crippen molar-refractivity contribution in [3.05, 3.63) is 60.7 Å². The van der Waals surface area contributed by atoms with Crippen LogP contribution in [-0.4, -0.2) is 24.4 Å². The molecule has 0 aliphatic carbocycles. The van der Waals surface area contributed by atoms with Crippen molar-refractivity contribution in [1.29, 1.82) is 0 Å². The lowest BCUT2D eigenvalue weighted by molar-refractivity contribution is 0.439. The molecule has 0 heterocycles. The minimum Gasteiger partial charge on any atom is -0.327 e. The van der Waals surface area contributed by atoms with Crippen molar-refractivity contribution < 1.29 is 4.52 Å². The number of rotatable bonds is 6. The summed E-state index contributed by atoms with van der Waals surface area (Å²) in [7, 11) is -1.82. The Morgan fingerprint density at radius 2 is 1.35 bits per heavy atom. The quantitative estimate of drug-likeness (QED) is 0.738. The molecular formula is C17H23NOP+. The number of nitrogens with zero attached hydrogens (tertiary/aromatic N) is 1. The van der Waals surface area contributed by atoms with Crippen molar-refractivity contribution in [2.75, 3.05) is 19.8 Å². The van der Waals surface area contributed by atoms with Crippen molar-refractivity contribution in [2.45, 2.75) is 13.8 Å². The lowest BCUT2D eigenvalue weighted by Crippen LogP contribution is -2.33. The van der Waals surface area contributed by atoms with Gasteiger partial charge in [-0.05, 0) is 38.1 Å². The largest absolute Gasteiger partial charge is 0.327 e. The Balaban J connectivity index is 2.39. The van der Waals surface area contributed by atoms with E-state index in [0.29, 0.717) is 0 Å². The number of para-hydroxylation sites is 1. The van der Waals surface area contributed by atoms with E-state index in [1.807, 2.05) is 30.3 Å². The van der Waals surface area contributed by atoms with Crippen molar-refractivity contribution >= 4 is 12.9 Å². The van der Waals surface area contributed by atoms with Crippen molar-refractivity contribution in [3.8, 4) is 5.75 Å². The van der Waals surface area contributed by atoms with E-state index in [1.165, 1.54) is 5.30 Å². The maximum Gasteiger partial charge on any atom is 0.291 e. The van der Waals surface area contributed by atoms with E-state index in [1.54, 1.807) is 0 Å². The van der Waals surface area contributed by atoms with Crippen LogP contribution in [0.25, 0.3) is 0 Å². The molecule has 106 valence electrons. The van der Waals surface area contributed by atoms with Crippen LogP contribution in [0.3, 0.4) is 0 Å². The van der Waals surface area contributed by atoms with Gasteiger partial charge in [-0.15, -0.1) is 4.67 Å². The molecular weight excluding hydrogens is 265 g/mol. The third-order valence-corrected chi connectivity index (χ3v) is 7.00. The van der Waals surface area contributed by atoms with Crippen molar-refractivity contribution in [2.24, 2.45) is 0 Å². The maximum absolute atomic E-state index is 6.47. The fraction of sp³-hybridized carbons (Fsp3) is 0.294. The molecule has 0 aliphatic heterocycles. The predicted molar refractivity (Wildman–Crippen MR) is 88.9 cm³/mol. The summed E-state index contributed by atoms with van der Waals surface area (Å²) in [6.07, 6.45) is 0. The molecule has 0 spiro atoms. The van der Waals surface area contributed by atoms with Gasteiger partial charge in [0, 0.05) is 13.1 Å². The van der Waals surface area contributed by atoms with E-state index >= 15 is 0 Å². The van der Waals surface area contributed by atoms with Crippen LogP contribution in [0.4, 0.5) is 0 Å². The number of hydrogen-bond acceptors (Lipinski definition) is 2. The van der Waals surface area contributed by atoms with Gasteiger partial charge in [0.1, 0.15) is 12.0 Å². The topological polar surface area (TPSA) is 12.5 Å². The van der Waals surface area contributed by atoms with Crippen LogP contribution in [0.1, 0.15) is 13.8 Å². The molecule has 0 bridgehead atoms. The maximum atomic E-state index is 6.47. The molecule has 0 N–H and O–H groups in total. The van der Waals surface area contributed by atoms with E-state index in [9.17, 15) is 0 Å². The average Bonchev–Trinajstić information content (AvgIpc) is 2.50. The summed E-state index contributed by atoms with van der Waals surface area (Å²) in [4.78, 5) is 0. The molecule has 20 heavy (non-hydrogen) atoms. The molecule has 0 aromatic heterocycles. The average molecular weight is 288 g/mol. The molecule has 1 unspecified atom stereocenters. The standard InChI is InChI=1S/C17H23NOP/c1-4-18(5-2)20(3,17-14-10-7-11-15-17)19-16-12-8-6-9-13-16/h6-15H,4-5H2,1-3H3/q+1. The fourth-order valence-corrected chi connectivity index (χ4v) is 5.31. The highest BCUT2D eigenvalue weighted by molar-refractivity contribution is 7.76. The summed E-state index contributed by atoms with van der Waals surface area (Å²) >= 11 is 0. The van der Waals surface area contributed by atoms with E-state index in [-0.39, 0.29) is 0 Å². The van der Waals surface area contributed by atoms with Gasteiger partial charge >= 0.3 is 0 Å². The van der Waals surface area contributed by atoms with Gasteiger partial charge in [0.05, 0.1) is 0 Å². The predicted octanol–water partition coefficient (Wildman–Crippen LogP) is 4.21. The lowest BCUT2D eigenvalue weighted by atomic mass is 10.3. The molecule has 1 atom stereocenters. The minimum atomic E-state index is -1.82. The molecule has 3 heteroatoms. The molecule has 0 amide bonds. The van der Waals surface area contributed by atoms with Gasteiger partial charge < -0.3 is 4.52 Å². The summed E-state index contributed by atoms with van der Waals surface area (Å²) in [6.45, 7) is 8.62. The third kappa shape index (κ3) is 3.20. The Hall–Kier alpha value is -1.37. The second-order valence-electron chi connectivity index (χ2n) is 4.76. The first kappa shape index (κ1) is 15.0. The minimum absolute atomic E-state index is 0.944. The monoisotopic (exact) mass is 288 g/mol. The first-order valence-corrected chi connectivity index (χ1v) is 9.23. The van der Waals surface area contributed by atoms with E-state index in [2.05, 4.69) is 55.5 Å². The summed E-state index contributed by atoms with van der Waals surface area (Å²) in [6, 6.07) is 20.7. The van der Waals surface area contributed by atoms with Crippen LogP contribution in [0.2, 0.25) is 0 Å². The molecule has 0 aliphatic rings. The molecule has 2 rings (SSSR count). The zero-order valence-electron chi connectivity index (χ0n) is 12.5. The van der Waals surface area contributed by atoms with Crippen LogP contribution in [0.15, 0.2) is 60.7 Å². The van der Waals surface area contributed by atoms with Crippen molar-refractivity contribution in [1.82, 2.24) is 4.67 Å². The van der Waals surface area contributed by atoms with Crippen LogP contribution in [0, 0.1) is 0 Å². The zero-order valence-corrected chi connectivity index (χ0v) is 13.4. The summed E-state index contributed by atoms with van der Waals surface area (Å²) in [5.74, 6) is 0.944. The second kappa shape index (κ2) is 6.88. The van der Waals surface area contributed by atoms with Crippen LogP contribution in [0.5, 0.6) is 5.75 Å². The van der Waals surface area contributed by atoms with Crippen molar-refractivity contribution in [3.63, 3.8) is 0 Å². The van der Waals surface area contributed by atoms with Gasteiger partial charge in [-0.1, -0.05) is 36.4 Å². The van der Waals surface area contributed by atoms with Gasteiger partial charge in [0.25, 0.3) is 7.64 Å². The molecule has 2 aromatic carbocycles. The van der Waals surface area contributed by atoms with E-state index < -0.39 is 7.64 Å². The Labute approximate surface area is 122 Å². The van der Waals surface area contributed by atoms with Gasteiger partial charge in [0.15, 0.2) is 5.75 Å². The zero-order chi connectivity index (χ0) is 14.4. The summed E-state index contributed by atoms with van der Waals surface area (Å²) < 4.78 is 8.91. The van der Waals surface area contributed by atoms with Crippen LogP contribution < -0.4 is 9.83 Å². The fourth-order valence-electron chi connectivity index (χ4n) is 2.43. The molecule has 2 nitrogen and oxygen atoms in total. The third-order valence-electron chi connectivity index (χ3n) is 3.53. The molecule has 0 saturated carbocycles. The Kier molecular flexibility index (Phi) is 5.17. The molecule has 2 aromatic rings. The van der Waals surface area contributed by atoms with Crippen LogP contribution >= 0.6 is 7.64 Å². The highest BCUT2D eigenvalue weighted by Crippen LogP contribution is 2.57. The van der Waals surface area contributed by atoms with E-state index in [0.717, 1.165) is 18.8 Å². The summed E-state index contributed by atoms with van der Waals surface area (Å²) in [5.41, 5.74) is 0. The van der Waals surface area contributed by atoms with Crippen LogP contribution in [-0.2, 0) is 0 Å². The van der Waals surface area contributed by atoms with Gasteiger partial charge in [-0.25, -0.2) is 0 Å². The number of hydrogen-bond donors (Lipinski definition) is 0. The Morgan fingerprint density at radius 3 is 1.85 bits per heavy atom. The SMILES string of the molecule is CCN(CC)[P+](C)(Oc1ccccc1)c1ccccc1. The normalized spacial score (nSPS) is 14.0. The highest BCUT2D eigenvalue weighted by Gasteiger charge is 2.44. The first-order valence-electron chi connectivity index (χ1n) is 7.13. The van der Waals surface area contributed by atoms with Gasteiger partial charge in [0.2, 0.25) is 0 Å². The molecule has 0 fully saturated rings. The Bertz CT molecular complexity index is 513. The highest BCUT2D eigenvalue weighted by atomic mass is 31.2. The molecule has 0 radical (unpaired) electrons. The smallest absolute Gasteiger partial charge is 0.291 e. The first-order chi connectivity index (χ1) is 9.70.